The average Bonchev–Trinajstić information content (AvgIpc) is 2.41. The summed E-state index contributed by atoms with van der Waals surface area (Å²) in [5.41, 5.74) is 6.59. The Balaban J connectivity index is 2.12. The lowest BCUT2D eigenvalue weighted by Gasteiger charge is -2.10. The van der Waals surface area contributed by atoms with Crippen LogP contribution in [0.15, 0.2) is 24.5 Å². The van der Waals surface area contributed by atoms with Gasteiger partial charge in [-0.25, -0.2) is 13.8 Å². The zero-order chi connectivity index (χ0) is 13.8. The minimum absolute atomic E-state index is 0.252. The molecule has 3 N–H and O–H groups in total. The topological polar surface area (TPSA) is 73.1 Å². The van der Waals surface area contributed by atoms with Crippen molar-refractivity contribution in [3.05, 3.63) is 41.7 Å². The maximum absolute atomic E-state index is 13.0. The fraction of sp³-hybridized carbons (Fsp3) is 0.167. The van der Waals surface area contributed by atoms with E-state index in [-0.39, 0.29) is 18.1 Å². The fourth-order valence-corrected chi connectivity index (χ4v) is 1.52. The number of nitrogens with zero attached hydrogens (tertiary/aromatic N) is 2. The highest BCUT2D eigenvalue weighted by molar-refractivity contribution is 5.66. The van der Waals surface area contributed by atoms with E-state index in [1.165, 1.54) is 19.5 Å². The average molecular weight is 266 g/mol. The van der Waals surface area contributed by atoms with Crippen molar-refractivity contribution < 1.29 is 13.5 Å². The van der Waals surface area contributed by atoms with Crippen LogP contribution in [0, 0.1) is 11.6 Å². The summed E-state index contributed by atoms with van der Waals surface area (Å²) >= 11 is 0. The van der Waals surface area contributed by atoms with Crippen molar-refractivity contribution >= 4 is 11.5 Å². The van der Waals surface area contributed by atoms with Gasteiger partial charge in [0.15, 0.2) is 17.5 Å². The number of aromatic nitrogens is 2. The Morgan fingerprint density at radius 3 is 2.74 bits per heavy atom. The van der Waals surface area contributed by atoms with Crippen LogP contribution >= 0.6 is 0 Å². The van der Waals surface area contributed by atoms with Crippen LogP contribution in [0.1, 0.15) is 5.56 Å². The molecule has 0 saturated heterocycles. The number of ether oxygens (including phenoxy) is 1. The Morgan fingerprint density at radius 1 is 1.26 bits per heavy atom. The molecule has 7 heteroatoms. The maximum atomic E-state index is 13.0. The third-order valence-corrected chi connectivity index (χ3v) is 2.48. The first-order valence-corrected chi connectivity index (χ1v) is 5.44. The van der Waals surface area contributed by atoms with Gasteiger partial charge in [-0.2, -0.15) is 4.98 Å². The van der Waals surface area contributed by atoms with E-state index in [9.17, 15) is 8.78 Å². The maximum Gasteiger partial charge on any atom is 0.242 e. The van der Waals surface area contributed by atoms with Crippen molar-refractivity contribution in [3.8, 4) is 5.88 Å². The number of anilines is 2. The van der Waals surface area contributed by atoms with E-state index in [1.54, 1.807) is 0 Å². The molecule has 0 aliphatic heterocycles. The van der Waals surface area contributed by atoms with Crippen LogP contribution in [-0.2, 0) is 6.54 Å². The van der Waals surface area contributed by atoms with Crippen LogP contribution in [0.2, 0.25) is 0 Å². The molecule has 1 aromatic heterocycles. The van der Waals surface area contributed by atoms with Crippen LogP contribution in [0.3, 0.4) is 0 Å². The summed E-state index contributed by atoms with van der Waals surface area (Å²) in [5, 5.41) is 2.91. The van der Waals surface area contributed by atoms with Gasteiger partial charge >= 0.3 is 0 Å². The molecule has 2 aromatic rings. The summed E-state index contributed by atoms with van der Waals surface area (Å²) < 4.78 is 30.7. The fourth-order valence-electron chi connectivity index (χ4n) is 1.52. The van der Waals surface area contributed by atoms with Crippen molar-refractivity contribution in [2.75, 3.05) is 18.2 Å². The normalized spacial score (nSPS) is 10.3. The van der Waals surface area contributed by atoms with Gasteiger partial charge in [0.05, 0.1) is 7.11 Å². The Labute approximate surface area is 108 Å². The van der Waals surface area contributed by atoms with Crippen LogP contribution in [0.4, 0.5) is 20.3 Å². The predicted molar refractivity (Wildman–Crippen MR) is 66.7 cm³/mol. The van der Waals surface area contributed by atoms with Crippen LogP contribution in [0.25, 0.3) is 0 Å². The molecule has 19 heavy (non-hydrogen) atoms. The van der Waals surface area contributed by atoms with E-state index in [4.69, 9.17) is 10.5 Å². The molecule has 0 aliphatic rings. The highest BCUT2D eigenvalue weighted by Crippen LogP contribution is 2.24. The molecule has 0 spiro atoms. The number of hydrogen-bond acceptors (Lipinski definition) is 5. The largest absolute Gasteiger partial charge is 0.479 e. The molecular weight excluding hydrogens is 254 g/mol. The Hall–Kier alpha value is -2.44. The number of rotatable bonds is 4. The van der Waals surface area contributed by atoms with Gasteiger partial charge in [-0.1, -0.05) is 6.07 Å². The third-order valence-electron chi connectivity index (χ3n) is 2.48. The quantitative estimate of drug-likeness (QED) is 0.885. The number of nitrogens with two attached hydrogens (primary N) is 1. The van der Waals surface area contributed by atoms with Gasteiger partial charge < -0.3 is 15.8 Å². The second-order valence-corrected chi connectivity index (χ2v) is 3.75. The molecule has 1 aromatic carbocycles. The van der Waals surface area contributed by atoms with Crippen molar-refractivity contribution in [2.45, 2.75) is 6.54 Å². The summed E-state index contributed by atoms with van der Waals surface area (Å²) in [4.78, 5) is 7.78. The second-order valence-electron chi connectivity index (χ2n) is 3.75. The van der Waals surface area contributed by atoms with Crippen LogP contribution < -0.4 is 15.8 Å². The first-order valence-electron chi connectivity index (χ1n) is 5.44. The first-order chi connectivity index (χ1) is 9.11. The van der Waals surface area contributed by atoms with E-state index in [2.05, 4.69) is 15.3 Å². The molecule has 0 atom stereocenters. The smallest absolute Gasteiger partial charge is 0.242 e. The van der Waals surface area contributed by atoms with E-state index in [0.29, 0.717) is 11.4 Å². The summed E-state index contributed by atoms with van der Waals surface area (Å²) in [6.07, 6.45) is 1.29. The zero-order valence-corrected chi connectivity index (χ0v) is 10.2. The molecule has 5 nitrogen and oxygen atoms in total. The third kappa shape index (κ3) is 2.87. The molecule has 0 saturated carbocycles. The molecule has 1 heterocycles. The number of methoxy groups -OCH3 is 1. The Bertz CT molecular complexity index is 592. The second kappa shape index (κ2) is 5.47. The van der Waals surface area contributed by atoms with E-state index in [1.807, 2.05) is 0 Å². The van der Waals surface area contributed by atoms with Crippen molar-refractivity contribution in [3.63, 3.8) is 0 Å². The lowest BCUT2D eigenvalue weighted by Crippen LogP contribution is -2.07. The number of halogens is 2. The van der Waals surface area contributed by atoms with Crippen molar-refractivity contribution in [2.24, 2.45) is 0 Å². The molecule has 100 valence electrons. The molecule has 0 unspecified atom stereocenters. The molecule has 2 rings (SSSR count). The molecule has 0 amide bonds. The lowest BCUT2D eigenvalue weighted by atomic mass is 10.2. The van der Waals surface area contributed by atoms with Gasteiger partial charge in [0, 0.05) is 6.54 Å². The van der Waals surface area contributed by atoms with Crippen molar-refractivity contribution in [1.29, 1.82) is 0 Å². The molecule has 0 radical (unpaired) electrons. The van der Waals surface area contributed by atoms with Gasteiger partial charge in [-0.3, -0.25) is 0 Å². The van der Waals surface area contributed by atoms with Crippen molar-refractivity contribution in [1.82, 2.24) is 9.97 Å². The van der Waals surface area contributed by atoms with Gasteiger partial charge in [0.1, 0.15) is 12.0 Å². The van der Waals surface area contributed by atoms with Gasteiger partial charge in [0.25, 0.3) is 0 Å². The monoisotopic (exact) mass is 266 g/mol. The minimum atomic E-state index is -0.896. The molecular formula is C12H12F2N4O. The Kier molecular flexibility index (Phi) is 3.74. The zero-order valence-electron chi connectivity index (χ0n) is 10.2. The summed E-state index contributed by atoms with van der Waals surface area (Å²) in [7, 11) is 1.44. The highest BCUT2D eigenvalue weighted by atomic mass is 19.2. The summed E-state index contributed by atoms with van der Waals surface area (Å²) in [6.45, 7) is 0.252. The van der Waals surface area contributed by atoms with Gasteiger partial charge in [0.2, 0.25) is 5.88 Å². The first kappa shape index (κ1) is 13.0. The van der Waals surface area contributed by atoms with E-state index < -0.39 is 11.6 Å². The van der Waals surface area contributed by atoms with Crippen LogP contribution in [0.5, 0.6) is 5.88 Å². The summed E-state index contributed by atoms with van der Waals surface area (Å²) in [6, 6.07) is 3.65. The van der Waals surface area contributed by atoms with E-state index in [0.717, 1.165) is 12.1 Å². The minimum Gasteiger partial charge on any atom is -0.479 e. The van der Waals surface area contributed by atoms with E-state index >= 15 is 0 Å². The number of nitrogens with one attached hydrogen (secondary N) is 1. The highest BCUT2D eigenvalue weighted by Gasteiger charge is 2.08. The SMILES string of the molecule is COc1ncnc(NCc2ccc(F)c(F)c2)c1N. The van der Waals surface area contributed by atoms with Gasteiger partial charge in [-0.05, 0) is 17.7 Å². The lowest BCUT2D eigenvalue weighted by molar-refractivity contribution is 0.399. The number of nitrogen functional groups attached to an aromatic ring is 1. The van der Waals surface area contributed by atoms with Crippen LogP contribution in [-0.4, -0.2) is 17.1 Å². The van der Waals surface area contributed by atoms with Gasteiger partial charge in [-0.15, -0.1) is 0 Å². The Morgan fingerprint density at radius 2 is 2.05 bits per heavy atom. The molecule has 0 aliphatic carbocycles. The number of benzene rings is 1. The molecule has 0 bridgehead atoms. The standard InChI is InChI=1S/C12H12F2N4O/c1-19-12-10(15)11(17-6-18-12)16-5-7-2-3-8(13)9(14)4-7/h2-4,6H,5,15H2,1H3,(H,16,17,18). The number of hydrogen-bond donors (Lipinski definition) is 2. The predicted octanol–water partition coefficient (Wildman–Crippen LogP) is 1.96. The summed E-state index contributed by atoms with van der Waals surface area (Å²) in [5.74, 6) is -1.15. The molecule has 0 fully saturated rings.